The van der Waals surface area contributed by atoms with Gasteiger partial charge < -0.3 is 9.40 Å². The Hall–Kier alpha value is -5.13. The van der Waals surface area contributed by atoms with Gasteiger partial charge in [-0.25, -0.2) is 0 Å². The van der Waals surface area contributed by atoms with Gasteiger partial charge in [-0.3, -0.25) is 0 Å². The van der Waals surface area contributed by atoms with E-state index in [2.05, 4.69) is 63.6 Å². The van der Waals surface area contributed by atoms with Crippen LogP contribution in [0.15, 0.2) is 162 Å². The van der Waals surface area contributed by atoms with Crippen LogP contribution in [-0.4, -0.2) is 23.2 Å². The molecule has 6 aromatic carbocycles. The zero-order valence-electron chi connectivity index (χ0n) is 37.6. The topological polar surface area (TPSA) is 38.9 Å². The van der Waals surface area contributed by atoms with E-state index in [1.807, 2.05) is 60.7 Å². The minimum Gasteiger partial charge on any atom is -0.500 e. The number of fused-ring (bicyclic) bond motifs is 5. The molecular formula is C50H42GeIrN2O-2. The van der Waals surface area contributed by atoms with Crippen molar-refractivity contribution in [3.63, 3.8) is 0 Å². The number of pyridine rings is 2. The van der Waals surface area contributed by atoms with Gasteiger partial charge in [-0.05, 0) is 34.6 Å². The molecule has 0 saturated carbocycles. The van der Waals surface area contributed by atoms with Crippen molar-refractivity contribution in [2.75, 3.05) is 0 Å². The largest absolute Gasteiger partial charge is 0.500 e. The molecule has 3 nitrogen and oxygen atoms in total. The minimum absolute atomic E-state index is 0. The van der Waals surface area contributed by atoms with E-state index >= 15 is 0 Å². The Morgan fingerprint density at radius 1 is 0.655 bits per heavy atom. The molecule has 1 radical (unpaired) electrons. The van der Waals surface area contributed by atoms with E-state index in [0.29, 0.717) is 44.8 Å². The van der Waals surface area contributed by atoms with Crippen LogP contribution in [0.2, 0.25) is 17.3 Å². The predicted molar refractivity (Wildman–Crippen MR) is 228 cm³/mol. The second kappa shape index (κ2) is 16.7. The van der Waals surface area contributed by atoms with Gasteiger partial charge in [0.1, 0.15) is 5.58 Å². The van der Waals surface area contributed by atoms with Crippen molar-refractivity contribution < 1.29 is 34.1 Å². The molecule has 0 bridgehead atoms. The van der Waals surface area contributed by atoms with Crippen molar-refractivity contribution in [1.29, 1.82) is 0 Å². The zero-order chi connectivity index (χ0) is 43.2. The maximum atomic E-state index is 8.89. The Morgan fingerprint density at radius 2 is 1.38 bits per heavy atom. The fourth-order valence-electron chi connectivity index (χ4n) is 6.56. The summed E-state index contributed by atoms with van der Waals surface area (Å²) in [7, 11) is 0. The molecule has 3 heterocycles. The van der Waals surface area contributed by atoms with E-state index in [0.717, 1.165) is 37.1 Å². The first-order valence-corrected chi connectivity index (χ1v) is 25.2. The third kappa shape index (κ3) is 8.58. The van der Waals surface area contributed by atoms with Crippen molar-refractivity contribution >= 4 is 50.4 Å². The molecule has 0 amide bonds. The Morgan fingerprint density at radius 3 is 2.11 bits per heavy atom. The average molecular weight is 959 g/mol. The van der Waals surface area contributed by atoms with Crippen molar-refractivity contribution in [2.24, 2.45) is 0 Å². The normalized spacial score (nSPS) is 13.9. The van der Waals surface area contributed by atoms with Crippen LogP contribution in [0, 0.1) is 19.0 Å². The first-order chi connectivity index (χ1) is 29.0. The quantitative estimate of drug-likeness (QED) is 0.118. The molecule has 55 heavy (non-hydrogen) atoms. The molecule has 5 heteroatoms. The van der Waals surface area contributed by atoms with Crippen LogP contribution in [0.4, 0.5) is 0 Å². The summed E-state index contributed by atoms with van der Waals surface area (Å²) in [6.07, 6.45) is 0.148. The predicted octanol–water partition coefficient (Wildman–Crippen LogP) is 12.2. The molecule has 0 atom stereocenters. The van der Waals surface area contributed by atoms with Gasteiger partial charge in [-0.15, -0.1) is 18.2 Å². The summed E-state index contributed by atoms with van der Waals surface area (Å²) < 4.78 is 65.1. The van der Waals surface area contributed by atoms with E-state index in [1.54, 1.807) is 67.0 Å². The van der Waals surface area contributed by atoms with Crippen LogP contribution >= 0.6 is 0 Å². The fourth-order valence-corrected chi connectivity index (χ4v) is 9.48. The van der Waals surface area contributed by atoms with Gasteiger partial charge in [-0.1, -0.05) is 83.7 Å². The average Bonchev–Trinajstić information content (AvgIpc) is 3.66. The zero-order valence-corrected chi connectivity index (χ0v) is 35.1. The molecule has 0 N–H and O–H groups in total. The fraction of sp³-hybridized carbons (Fsp3) is 0.120. The first kappa shape index (κ1) is 30.1. The van der Waals surface area contributed by atoms with E-state index in [9.17, 15) is 0 Å². The minimum atomic E-state index is -2.42. The number of benzene rings is 6. The molecule has 9 rings (SSSR count). The second-order valence-corrected chi connectivity index (χ2v) is 24.7. The molecule has 9 aromatic rings. The van der Waals surface area contributed by atoms with Gasteiger partial charge in [0.2, 0.25) is 0 Å². The summed E-state index contributed by atoms with van der Waals surface area (Å²) in [6.45, 7) is -2.18. The second-order valence-electron chi connectivity index (χ2n) is 14.1. The summed E-state index contributed by atoms with van der Waals surface area (Å²) in [6, 6.07) is 50.9. The molecule has 273 valence electrons. The maximum Gasteiger partial charge on any atom is 0.128 e. The van der Waals surface area contributed by atoms with Crippen LogP contribution in [0.1, 0.15) is 37.4 Å². The molecule has 0 fully saturated rings. The first-order valence-electron chi connectivity index (χ1n) is 21.4. The standard InChI is InChI=1S/C28H18NO.C22H24GeN.Ir/c1-2-7-19(8-3-1)17-20-15-16-29-26(18-20)25-12-6-11-23-24-14-13-21-9-4-5-10-22(21)27(24)30-28(23)25;1-17-10-12-19(13-11-17)22-15-20(14-18-8-6-5-7-9-18)21(16-24-22)23(2,3)4;/h1-11,13-16,18H,17H2;5-12,15-16H,14H2,1-4H3;/q2*-1;/i17D2;1D3,14D2;. The number of furan rings is 1. The molecule has 0 aliphatic heterocycles. The maximum absolute atomic E-state index is 8.89. The van der Waals surface area contributed by atoms with E-state index in [-0.39, 0.29) is 25.7 Å². The van der Waals surface area contributed by atoms with Gasteiger partial charge in [0.25, 0.3) is 0 Å². The van der Waals surface area contributed by atoms with Crippen LogP contribution in [-0.2, 0) is 32.9 Å². The van der Waals surface area contributed by atoms with E-state index in [4.69, 9.17) is 14.0 Å². The summed E-state index contributed by atoms with van der Waals surface area (Å²) in [5.74, 6) is 6.66. The summed E-state index contributed by atoms with van der Waals surface area (Å²) in [5, 5.41) is 4.23. The number of hydrogen-bond acceptors (Lipinski definition) is 3. The summed E-state index contributed by atoms with van der Waals surface area (Å²) in [5.41, 5.74) is 6.77. The van der Waals surface area contributed by atoms with Crippen LogP contribution in [0.25, 0.3) is 55.2 Å². The molecule has 0 aliphatic carbocycles. The van der Waals surface area contributed by atoms with Gasteiger partial charge in [0, 0.05) is 39.8 Å². The van der Waals surface area contributed by atoms with Crippen molar-refractivity contribution in [3.8, 4) is 22.5 Å². The molecular weight excluding hydrogens is 909 g/mol. The summed E-state index contributed by atoms with van der Waals surface area (Å²) in [4.78, 5) is 9.12. The molecule has 0 saturated heterocycles. The van der Waals surface area contributed by atoms with Crippen LogP contribution in [0.3, 0.4) is 0 Å². The number of rotatable bonds is 7. The van der Waals surface area contributed by atoms with E-state index in [1.165, 1.54) is 6.07 Å². The Kier molecular flexibility index (Phi) is 9.15. The van der Waals surface area contributed by atoms with Crippen molar-refractivity contribution in [3.05, 3.63) is 198 Å². The van der Waals surface area contributed by atoms with Gasteiger partial charge in [0.15, 0.2) is 0 Å². The number of aromatic nitrogens is 2. The van der Waals surface area contributed by atoms with E-state index < -0.39 is 32.9 Å². The third-order valence-electron chi connectivity index (χ3n) is 9.26. The molecule has 0 spiro atoms. The number of nitrogens with zero attached hydrogens (tertiary/aromatic N) is 2. The molecule has 0 unspecified atom stereocenters. The van der Waals surface area contributed by atoms with Gasteiger partial charge >= 0.3 is 155 Å². The SMILES string of the molecule is [2H]C([2H])([2H])c1c[c-]c(-c2cc(C([2H])([2H])c3ccccc3)[c]([Ge]([CH3])([CH3])[CH3])cn2)cc1.[2H]C([2H])(c1ccccc1)c1ccnc(-c2[c-]ccc3c2oc2c4ccccc4ccc32)c1.[Ir]. The van der Waals surface area contributed by atoms with Crippen LogP contribution in [0.5, 0.6) is 0 Å². The smallest absolute Gasteiger partial charge is 0.128 e. The van der Waals surface area contributed by atoms with Crippen molar-refractivity contribution in [1.82, 2.24) is 9.97 Å². The van der Waals surface area contributed by atoms with Crippen molar-refractivity contribution in [2.45, 2.75) is 36.9 Å². The third-order valence-corrected chi connectivity index (χ3v) is 13.5. The summed E-state index contributed by atoms with van der Waals surface area (Å²) >= 11 is -2.42. The van der Waals surface area contributed by atoms with Gasteiger partial charge in [-0.2, -0.15) is 0 Å². The Bertz CT molecular complexity index is 3000. The Labute approximate surface area is 350 Å². The monoisotopic (exact) mass is 960 g/mol. The Balaban J connectivity index is 0.000000185. The van der Waals surface area contributed by atoms with Gasteiger partial charge in [0.05, 0.1) is 5.58 Å². The molecule has 3 aromatic heterocycles. The number of hydrogen-bond donors (Lipinski definition) is 0. The molecule has 0 aliphatic rings. The van der Waals surface area contributed by atoms with Crippen LogP contribution < -0.4 is 4.40 Å². The number of aryl methyl sites for hydroxylation is 1.